The van der Waals surface area contributed by atoms with Crippen molar-refractivity contribution in [3.05, 3.63) is 23.6 Å². The Morgan fingerprint density at radius 3 is 2.79 bits per heavy atom. The Bertz CT molecular complexity index is 423. The number of carbonyl (C=O) groups is 1. The van der Waals surface area contributed by atoms with Crippen LogP contribution >= 0.6 is 0 Å². The first kappa shape index (κ1) is 15.4. The number of halogens is 1. The predicted octanol–water partition coefficient (Wildman–Crippen LogP) is 2.91. The minimum Gasteiger partial charge on any atom is -0.369 e. The van der Waals surface area contributed by atoms with Gasteiger partial charge in [-0.3, -0.25) is 4.79 Å². The van der Waals surface area contributed by atoms with Crippen molar-refractivity contribution < 1.29 is 9.18 Å². The second-order valence-corrected chi connectivity index (χ2v) is 4.56. The number of amides is 1. The summed E-state index contributed by atoms with van der Waals surface area (Å²) in [6, 6.07) is 1.25. The predicted molar refractivity (Wildman–Crippen MR) is 74.8 cm³/mol. The van der Waals surface area contributed by atoms with Crippen LogP contribution in [0.5, 0.6) is 0 Å². The van der Waals surface area contributed by atoms with Gasteiger partial charge in [0, 0.05) is 20.1 Å². The SMILES string of the molecule is CCCCN(C)C(=O)c1cc(F)cnc1NCCC. The molecule has 0 aliphatic rings. The topological polar surface area (TPSA) is 45.2 Å². The Morgan fingerprint density at radius 1 is 1.42 bits per heavy atom. The quantitative estimate of drug-likeness (QED) is 0.826. The first-order valence-electron chi connectivity index (χ1n) is 6.75. The molecule has 1 aromatic heterocycles. The average Bonchev–Trinajstić information content (AvgIpc) is 2.42. The van der Waals surface area contributed by atoms with Crippen LogP contribution in [0.2, 0.25) is 0 Å². The van der Waals surface area contributed by atoms with Gasteiger partial charge in [0.25, 0.3) is 5.91 Å². The summed E-state index contributed by atoms with van der Waals surface area (Å²) in [6.45, 7) is 5.46. The maximum Gasteiger partial charge on any atom is 0.257 e. The molecule has 0 spiro atoms. The number of anilines is 1. The summed E-state index contributed by atoms with van der Waals surface area (Å²) in [7, 11) is 1.73. The van der Waals surface area contributed by atoms with E-state index in [9.17, 15) is 9.18 Å². The highest BCUT2D eigenvalue weighted by Gasteiger charge is 2.17. The van der Waals surface area contributed by atoms with Crippen molar-refractivity contribution in [2.24, 2.45) is 0 Å². The number of nitrogens with zero attached hydrogens (tertiary/aromatic N) is 2. The smallest absolute Gasteiger partial charge is 0.257 e. The Kier molecular flexibility index (Phi) is 6.25. The third kappa shape index (κ3) is 4.50. The fourth-order valence-electron chi connectivity index (χ4n) is 1.69. The molecule has 0 atom stereocenters. The van der Waals surface area contributed by atoms with Crippen molar-refractivity contribution in [2.75, 3.05) is 25.5 Å². The van der Waals surface area contributed by atoms with Crippen LogP contribution in [-0.4, -0.2) is 35.9 Å². The Hall–Kier alpha value is -1.65. The number of hydrogen-bond donors (Lipinski definition) is 1. The van der Waals surface area contributed by atoms with Gasteiger partial charge in [-0.1, -0.05) is 20.3 Å². The number of pyridine rings is 1. The fourth-order valence-corrected chi connectivity index (χ4v) is 1.69. The van der Waals surface area contributed by atoms with Crippen molar-refractivity contribution in [1.82, 2.24) is 9.88 Å². The average molecular weight is 267 g/mol. The van der Waals surface area contributed by atoms with Crippen molar-refractivity contribution in [1.29, 1.82) is 0 Å². The fraction of sp³-hybridized carbons (Fsp3) is 0.571. The summed E-state index contributed by atoms with van der Waals surface area (Å²) in [5, 5.41) is 3.06. The molecule has 1 rings (SSSR count). The lowest BCUT2D eigenvalue weighted by Gasteiger charge is -2.18. The van der Waals surface area contributed by atoms with Gasteiger partial charge in [0.05, 0.1) is 11.8 Å². The molecule has 1 aromatic rings. The second-order valence-electron chi connectivity index (χ2n) is 4.56. The molecular formula is C14H22FN3O. The largest absolute Gasteiger partial charge is 0.369 e. The van der Waals surface area contributed by atoms with Gasteiger partial charge in [-0.2, -0.15) is 0 Å². The van der Waals surface area contributed by atoms with Gasteiger partial charge >= 0.3 is 0 Å². The summed E-state index contributed by atoms with van der Waals surface area (Å²) in [6.07, 6.45) is 3.99. The number of unbranched alkanes of at least 4 members (excludes halogenated alkanes) is 1. The van der Waals surface area contributed by atoms with Gasteiger partial charge in [-0.05, 0) is 18.9 Å². The molecule has 0 radical (unpaired) electrons. The summed E-state index contributed by atoms with van der Waals surface area (Å²) in [4.78, 5) is 17.8. The number of carbonyl (C=O) groups excluding carboxylic acids is 1. The van der Waals surface area contributed by atoms with E-state index in [1.54, 1.807) is 11.9 Å². The zero-order valence-corrected chi connectivity index (χ0v) is 11.9. The van der Waals surface area contributed by atoms with Crippen molar-refractivity contribution in [3.63, 3.8) is 0 Å². The minimum atomic E-state index is -0.491. The molecule has 0 bridgehead atoms. The maximum absolute atomic E-state index is 13.3. The highest BCUT2D eigenvalue weighted by atomic mass is 19.1. The number of nitrogens with one attached hydrogen (secondary N) is 1. The Labute approximate surface area is 114 Å². The highest BCUT2D eigenvalue weighted by molar-refractivity contribution is 5.98. The molecule has 1 amide bonds. The summed E-state index contributed by atoms with van der Waals surface area (Å²) >= 11 is 0. The van der Waals surface area contributed by atoms with Crippen LogP contribution < -0.4 is 5.32 Å². The zero-order chi connectivity index (χ0) is 14.3. The minimum absolute atomic E-state index is 0.195. The molecule has 0 aromatic carbocycles. The van der Waals surface area contributed by atoms with Crippen LogP contribution in [0.15, 0.2) is 12.3 Å². The summed E-state index contributed by atoms with van der Waals surface area (Å²) < 4.78 is 13.3. The van der Waals surface area contributed by atoms with Gasteiger partial charge in [0.1, 0.15) is 11.6 Å². The molecule has 0 saturated heterocycles. The normalized spacial score (nSPS) is 10.3. The van der Waals surface area contributed by atoms with Crippen LogP contribution in [0.1, 0.15) is 43.5 Å². The lowest BCUT2D eigenvalue weighted by molar-refractivity contribution is 0.0793. The lowest BCUT2D eigenvalue weighted by Crippen LogP contribution is -2.29. The maximum atomic E-state index is 13.3. The first-order chi connectivity index (χ1) is 9.10. The van der Waals surface area contributed by atoms with Crippen molar-refractivity contribution in [2.45, 2.75) is 33.1 Å². The number of rotatable bonds is 7. The summed E-state index contributed by atoms with van der Waals surface area (Å²) in [5.74, 6) is -0.232. The molecule has 0 aliphatic heterocycles. The van der Waals surface area contributed by atoms with Gasteiger partial charge in [0.2, 0.25) is 0 Å². The molecule has 19 heavy (non-hydrogen) atoms. The van der Waals surface area contributed by atoms with E-state index in [0.29, 0.717) is 24.5 Å². The molecular weight excluding hydrogens is 245 g/mol. The molecule has 106 valence electrons. The molecule has 5 heteroatoms. The van der Waals surface area contributed by atoms with Gasteiger partial charge in [0.15, 0.2) is 0 Å². The molecule has 0 unspecified atom stereocenters. The van der Waals surface area contributed by atoms with E-state index < -0.39 is 5.82 Å². The molecule has 1 N–H and O–H groups in total. The van der Waals surface area contributed by atoms with E-state index >= 15 is 0 Å². The zero-order valence-electron chi connectivity index (χ0n) is 11.9. The summed E-state index contributed by atoms with van der Waals surface area (Å²) in [5.41, 5.74) is 0.298. The van der Waals surface area contributed by atoms with E-state index in [4.69, 9.17) is 0 Å². The molecule has 0 aliphatic carbocycles. The standard InChI is InChI=1S/C14H22FN3O/c1-4-6-8-18(3)14(19)12-9-11(15)10-17-13(12)16-7-5-2/h9-10H,4-8H2,1-3H3,(H,16,17). The molecule has 1 heterocycles. The van der Waals surface area contributed by atoms with Crippen LogP contribution in [0.3, 0.4) is 0 Å². The third-order valence-electron chi connectivity index (χ3n) is 2.82. The Balaban J connectivity index is 2.89. The van der Waals surface area contributed by atoms with E-state index in [-0.39, 0.29) is 5.91 Å². The van der Waals surface area contributed by atoms with E-state index in [0.717, 1.165) is 25.5 Å². The Morgan fingerprint density at radius 2 is 2.16 bits per heavy atom. The number of aromatic nitrogens is 1. The van der Waals surface area contributed by atoms with Crippen LogP contribution in [0, 0.1) is 5.82 Å². The molecule has 4 nitrogen and oxygen atoms in total. The lowest BCUT2D eigenvalue weighted by atomic mass is 10.2. The van der Waals surface area contributed by atoms with E-state index in [1.165, 1.54) is 6.07 Å². The van der Waals surface area contributed by atoms with E-state index in [2.05, 4.69) is 17.2 Å². The second kappa shape index (κ2) is 7.71. The number of hydrogen-bond acceptors (Lipinski definition) is 3. The van der Waals surface area contributed by atoms with Gasteiger partial charge < -0.3 is 10.2 Å². The van der Waals surface area contributed by atoms with Crippen LogP contribution in [-0.2, 0) is 0 Å². The highest BCUT2D eigenvalue weighted by Crippen LogP contribution is 2.16. The third-order valence-corrected chi connectivity index (χ3v) is 2.82. The molecule has 0 fully saturated rings. The monoisotopic (exact) mass is 267 g/mol. The van der Waals surface area contributed by atoms with Crippen LogP contribution in [0.25, 0.3) is 0 Å². The van der Waals surface area contributed by atoms with E-state index in [1.807, 2.05) is 6.92 Å². The molecule has 0 saturated carbocycles. The van der Waals surface area contributed by atoms with Crippen molar-refractivity contribution >= 4 is 11.7 Å². The first-order valence-corrected chi connectivity index (χ1v) is 6.75. The van der Waals surface area contributed by atoms with Crippen LogP contribution in [0.4, 0.5) is 10.2 Å². The van der Waals surface area contributed by atoms with Crippen molar-refractivity contribution in [3.8, 4) is 0 Å². The van der Waals surface area contributed by atoms with Gasteiger partial charge in [-0.25, -0.2) is 9.37 Å². The van der Waals surface area contributed by atoms with Gasteiger partial charge in [-0.15, -0.1) is 0 Å².